The summed E-state index contributed by atoms with van der Waals surface area (Å²) in [5.41, 5.74) is 0. The Bertz CT molecular complexity index is 88.9. The molecule has 0 aliphatic carbocycles. The van der Waals surface area contributed by atoms with Gasteiger partial charge in [-0.05, 0) is 6.92 Å². The minimum absolute atomic E-state index is 0.0370. The maximum atomic E-state index is 9.07. The summed E-state index contributed by atoms with van der Waals surface area (Å²) in [5, 5.41) is 17.9. The number of hydrogen-bond acceptors (Lipinski definition) is 2. The molecule has 0 heterocycles. The molecular formula is C7H14O2. The summed E-state index contributed by atoms with van der Waals surface area (Å²) in [6, 6.07) is 0. The van der Waals surface area contributed by atoms with Crippen molar-refractivity contribution < 1.29 is 10.2 Å². The van der Waals surface area contributed by atoms with Crippen LogP contribution in [0.2, 0.25) is 0 Å². The molecule has 0 saturated carbocycles. The van der Waals surface area contributed by atoms with E-state index in [-0.39, 0.29) is 5.92 Å². The van der Waals surface area contributed by atoms with Crippen molar-refractivity contribution in [3.8, 4) is 0 Å². The van der Waals surface area contributed by atoms with Gasteiger partial charge in [-0.3, -0.25) is 0 Å². The molecule has 0 rings (SSSR count). The van der Waals surface area contributed by atoms with E-state index >= 15 is 0 Å². The Morgan fingerprint density at radius 1 is 1.33 bits per heavy atom. The molecule has 0 spiro atoms. The molecule has 0 aliphatic heterocycles. The lowest BCUT2D eigenvalue weighted by atomic mass is 10.0. The van der Waals surface area contributed by atoms with E-state index in [2.05, 4.69) is 6.58 Å². The lowest BCUT2D eigenvalue weighted by Gasteiger charge is -2.17. The van der Waals surface area contributed by atoms with E-state index in [9.17, 15) is 0 Å². The first-order valence-electron chi connectivity index (χ1n) is 3.08. The summed E-state index contributed by atoms with van der Waals surface area (Å²) in [6.07, 6.45) is 0.276. The van der Waals surface area contributed by atoms with Crippen molar-refractivity contribution in [1.82, 2.24) is 0 Å². The molecule has 2 N–H and O–H groups in total. The van der Waals surface area contributed by atoms with Crippen LogP contribution in [-0.4, -0.2) is 22.4 Å². The molecule has 0 aromatic heterocycles. The topological polar surface area (TPSA) is 40.5 Å². The molecular weight excluding hydrogens is 116 g/mol. The van der Waals surface area contributed by atoms with Crippen LogP contribution < -0.4 is 0 Å². The number of hydrogen-bond donors (Lipinski definition) is 2. The largest absolute Gasteiger partial charge is 0.391 e. The van der Waals surface area contributed by atoms with E-state index in [1.165, 1.54) is 0 Å². The van der Waals surface area contributed by atoms with Crippen LogP contribution in [0.3, 0.4) is 0 Å². The van der Waals surface area contributed by atoms with Crippen LogP contribution in [0, 0.1) is 5.92 Å². The van der Waals surface area contributed by atoms with Crippen molar-refractivity contribution in [1.29, 1.82) is 0 Å². The first kappa shape index (κ1) is 8.66. The zero-order valence-electron chi connectivity index (χ0n) is 5.91. The Balaban J connectivity index is 3.71. The second kappa shape index (κ2) is 3.64. The summed E-state index contributed by atoms with van der Waals surface area (Å²) in [6.45, 7) is 6.86. The highest BCUT2D eigenvalue weighted by atomic mass is 16.3. The van der Waals surface area contributed by atoms with Crippen LogP contribution in [0.5, 0.6) is 0 Å². The molecule has 0 aromatic carbocycles. The predicted molar refractivity (Wildman–Crippen MR) is 37.0 cm³/mol. The fraction of sp³-hybridized carbons (Fsp3) is 0.714. The Hall–Kier alpha value is -0.340. The van der Waals surface area contributed by atoms with Crippen LogP contribution in [0.15, 0.2) is 12.7 Å². The lowest BCUT2D eigenvalue weighted by molar-refractivity contribution is 0.00985. The van der Waals surface area contributed by atoms with Gasteiger partial charge in [0.25, 0.3) is 0 Å². The Morgan fingerprint density at radius 2 is 1.78 bits per heavy atom. The molecule has 0 bridgehead atoms. The summed E-state index contributed by atoms with van der Waals surface area (Å²) < 4.78 is 0. The van der Waals surface area contributed by atoms with Crippen molar-refractivity contribution in [3.63, 3.8) is 0 Å². The third-order valence-corrected chi connectivity index (χ3v) is 1.40. The van der Waals surface area contributed by atoms with Crippen molar-refractivity contribution in [2.75, 3.05) is 0 Å². The van der Waals surface area contributed by atoms with Gasteiger partial charge in [-0.15, -0.1) is 6.58 Å². The quantitative estimate of drug-likeness (QED) is 0.548. The van der Waals surface area contributed by atoms with Crippen LogP contribution in [-0.2, 0) is 0 Å². The number of rotatable bonds is 3. The smallest absolute Gasteiger partial charge is 0.0855 e. The highest BCUT2D eigenvalue weighted by Crippen LogP contribution is 2.06. The molecule has 2 heteroatoms. The van der Waals surface area contributed by atoms with Gasteiger partial charge >= 0.3 is 0 Å². The van der Waals surface area contributed by atoms with E-state index < -0.39 is 12.2 Å². The van der Waals surface area contributed by atoms with Crippen molar-refractivity contribution in [2.24, 2.45) is 5.92 Å². The molecule has 0 radical (unpaired) electrons. The zero-order valence-corrected chi connectivity index (χ0v) is 5.91. The maximum Gasteiger partial charge on any atom is 0.0855 e. The fourth-order valence-electron chi connectivity index (χ4n) is 0.579. The van der Waals surface area contributed by atoms with E-state index in [1.807, 2.05) is 6.92 Å². The van der Waals surface area contributed by atoms with E-state index in [1.54, 1.807) is 13.0 Å². The Morgan fingerprint density at radius 3 is 1.89 bits per heavy atom. The van der Waals surface area contributed by atoms with E-state index in [0.29, 0.717) is 0 Å². The standard InChI is InChI=1S/C7H14O2/c1-4-5(2)7(9)6(3)8/h4-9H,1H2,2-3H3/t5-,6+,7-/m1/s1. The van der Waals surface area contributed by atoms with Crippen molar-refractivity contribution in [2.45, 2.75) is 26.1 Å². The van der Waals surface area contributed by atoms with Crippen LogP contribution >= 0.6 is 0 Å². The van der Waals surface area contributed by atoms with E-state index in [0.717, 1.165) is 0 Å². The first-order chi connectivity index (χ1) is 4.09. The highest BCUT2D eigenvalue weighted by molar-refractivity contribution is 4.83. The van der Waals surface area contributed by atoms with Gasteiger partial charge in [0.1, 0.15) is 0 Å². The highest BCUT2D eigenvalue weighted by Gasteiger charge is 2.15. The summed E-state index contributed by atoms with van der Waals surface area (Å²) in [4.78, 5) is 0. The summed E-state index contributed by atoms with van der Waals surface area (Å²) in [5.74, 6) is -0.0370. The van der Waals surface area contributed by atoms with E-state index in [4.69, 9.17) is 10.2 Å². The van der Waals surface area contributed by atoms with Gasteiger partial charge < -0.3 is 10.2 Å². The molecule has 0 aromatic rings. The second-order valence-electron chi connectivity index (χ2n) is 2.33. The monoisotopic (exact) mass is 130 g/mol. The normalized spacial score (nSPS) is 20.4. The molecule has 0 unspecified atom stereocenters. The third-order valence-electron chi connectivity index (χ3n) is 1.40. The minimum atomic E-state index is -0.678. The lowest BCUT2D eigenvalue weighted by Crippen LogP contribution is -2.28. The fourth-order valence-corrected chi connectivity index (χ4v) is 0.579. The molecule has 0 amide bonds. The average molecular weight is 130 g/mol. The van der Waals surface area contributed by atoms with Crippen molar-refractivity contribution in [3.05, 3.63) is 12.7 Å². The minimum Gasteiger partial charge on any atom is -0.391 e. The molecule has 9 heavy (non-hydrogen) atoms. The summed E-state index contributed by atoms with van der Waals surface area (Å²) in [7, 11) is 0. The van der Waals surface area contributed by atoms with Gasteiger partial charge in [-0.25, -0.2) is 0 Å². The number of aliphatic hydroxyl groups is 2. The predicted octanol–water partition coefficient (Wildman–Crippen LogP) is 0.550. The molecule has 2 nitrogen and oxygen atoms in total. The maximum absolute atomic E-state index is 9.07. The molecule has 54 valence electrons. The molecule has 0 aliphatic rings. The van der Waals surface area contributed by atoms with Crippen LogP contribution in [0.25, 0.3) is 0 Å². The van der Waals surface area contributed by atoms with Gasteiger partial charge in [0.05, 0.1) is 12.2 Å². The summed E-state index contributed by atoms with van der Waals surface area (Å²) >= 11 is 0. The Kier molecular flexibility index (Phi) is 3.50. The number of aliphatic hydroxyl groups excluding tert-OH is 2. The van der Waals surface area contributed by atoms with Crippen LogP contribution in [0.4, 0.5) is 0 Å². The van der Waals surface area contributed by atoms with Gasteiger partial charge in [-0.2, -0.15) is 0 Å². The zero-order chi connectivity index (χ0) is 7.44. The molecule has 0 fully saturated rings. The van der Waals surface area contributed by atoms with Gasteiger partial charge in [0.2, 0.25) is 0 Å². The van der Waals surface area contributed by atoms with Crippen LogP contribution in [0.1, 0.15) is 13.8 Å². The molecule has 3 atom stereocenters. The van der Waals surface area contributed by atoms with Gasteiger partial charge in [0.15, 0.2) is 0 Å². The second-order valence-corrected chi connectivity index (χ2v) is 2.33. The average Bonchev–Trinajstić information content (AvgIpc) is 1.84. The first-order valence-corrected chi connectivity index (χ1v) is 3.08. The van der Waals surface area contributed by atoms with Crippen molar-refractivity contribution >= 4 is 0 Å². The molecule has 0 saturated heterocycles. The van der Waals surface area contributed by atoms with Gasteiger partial charge in [-0.1, -0.05) is 13.0 Å². The Labute approximate surface area is 55.8 Å². The SMILES string of the molecule is C=C[C@@H](C)[C@@H](O)[C@H](C)O. The van der Waals surface area contributed by atoms with Gasteiger partial charge in [0, 0.05) is 5.92 Å². The third kappa shape index (κ3) is 2.63.